The summed E-state index contributed by atoms with van der Waals surface area (Å²) >= 11 is 3.79. The Kier molecular flexibility index (Phi) is 9.26. The molecule has 0 radical (unpaired) electrons. The van der Waals surface area contributed by atoms with Crippen LogP contribution in [0.2, 0.25) is 0 Å². The van der Waals surface area contributed by atoms with Gasteiger partial charge in [0, 0.05) is 64.0 Å². The highest BCUT2D eigenvalue weighted by molar-refractivity contribution is 7.27. The molecule has 2 aromatic heterocycles. The second-order valence-electron chi connectivity index (χ2n) is 16.9. The van der Waals surface area contributed by atoms with Gasteiger partial charge in [-0.3, -0.25) is 0 Å². The molecular weight excluding hydrogens is 837 g/mol. The number of benzene rings is 11. The molecule has 310 valence electrons. The van der Waals surface area contributed by atoms with E-state index < -0.39 is 0 Å². The van der Waals surface area contributed by atoms with E-state index in [-0.39, 0.29) is 0 Å². The summed E-state index contributed by atoms with van der Waals surface area (Å²) in [5.41, 5.74) is 11.4. The first-order chi connectivity index (χ1) is 32.7. The average Bonchev–Trinajstić information content (AvgIpc) is 3.96. The van der Waals surface area contributed by atoms with Crippen LogP contribution in [0.25, 0.3) is 84.1 Å². The first-order valence-electron chi connectivity index (χ1n) is 22.4. The van der Waals surface area contributed by atoms with Crippen molar-refractivity contribution in [3.63, 3.8) is 0 Å². The molecule has 0 unspecified atom stereocenters. The van der Waals surface area contributed by atoms with Crippen molar-refractivity contribution in [3.8, 4) is 22.3 Å². The van der Waals surface area contributed by atoms with Crippen LogP contribution in [0.1, 0.15) is 0 Å². The minimum atomic E-state index is 1.11. The number of hydrogen-bond acceptors (Lipinski definition) is 4. The molecule has 0 spiro atoms. The monoisotopic (exact) mass is 876 g/mol. The highest BCUT2D eigenvalue weighted by atomic mass is 32.1. The maximum Gasteiger partial charge on any atom is 0.0646 e. The number of fused-ring (bicyclic) bond motifs is 10. The standard InChI is InChI=1S/C62H40N2S2/c1-5-22-46(23-6-1)63(47-24-7-2-8-25-47)57-40-59-55(52-34-32-41-18-13-15-30-50(41)60(52)65-59)39-54(57)44-21-17-20-43(36-44)45-37-56-53-35-33-42-19-14-16-31-51(42)61(53)66-62(56)58(38-45)64(48-26-9-3-10-27-48)49-28-11-4-12-29-49/h1-40H. The summed E-state index contributed by atoms with van der Waals surface area (Å²) in [6.07, 6.45) is 0. The molecular formula is C62H40N2S2. The van der Waals surface area contributed by atoms with Crippen LogP contribution < -0.4 is 9.80 Å². The summed E-state index contributed by atoms with van der Waals surface area (Å²) in [6.45, 7) is 0. The van der Waals surface area contributed by atoms with Crippen molar-refractivity contribution in [3.05, 3.63) is 243 Å². The van der Waals surface area contributed by atoms with Gasteiger partial charge in [-0.25, -0.2) is 0 Å². The number of rotatable bonds is 8. The Balaban J connectivity index is 1.08. The van der Waals surface area contributed by atoms with Crippen LogP contribution in [0.5, 0.6) is 0 Å². The van der Waals surface area contributed by atoms with E-state index in [1.54, 1.807) is 0 Å². The molecule has 13 aromatic rings. The zero-order valence-corrected chi connectivity index (χ0v) is 37.4. The molecule has 0 saturated carbocycles. The predicted molar refractivity (Wildman–Crippen MR) is 287 cm³/mol. The molecule has 2 nitrogen and oxygen atoms in total. The number of anilines is 6. The topological polar surface area (TPSA) is 6.48 Å². The van der Waals surface area contributed by atoms with Gasteiger partial charge in [0.2, 0.25) is 0 Å². The van der Waals surface area contributed by atoms with Crippen molar-refractivity contribution in [2.24, 2.45) is 0 Å². The molecule has 0 aliphatic heterocycles. The Morgan fingerprint density at radius 3 is 1.32 bits per heavy atom. The molecule has 0 atom stereocenters. The summed E-state index contributed by atoms with van der Waals surface area (Å²) in [6, 6.07) is 88.9. The van der Waals surface area contributed by atoms with Crippen LogP contribution in [0.15, 0.2) is 243 Å². The quantitative estimate of drug-likeness (QED) is 0.150. The Morgan fingerprint density at radius 1 is 0.258 bits per heavy atom. The van der Waals surface area contributed by atoms with Crippen molar-refractivity contribution in [1.29, 1.82) is 0 Å². The van der Waals surface area contributed by atoms with E-state index in [2.05, 4.69) is 252 Å². The van der Waals surface area contributed by atoms with Gasteiger partial charge in [-0.05, 0) is 117 Å². The molecule has 11 aromatic carbocycles. The van der Waals surface area contributed by atoms with Crippen LogP contribution in [0, 0.1) is 0 Å². The highest BCUT2D eigenvalue weighted by Crippen LogP contribution is 2.51. The summed E-state index contributed by atoms with van der Waals surface area (Å²) in [7, 11) is 0. The maximum atomic E-state index is 2.45. The number of hydrogen-bond donors (Lipinski definition) is 0. The maximum absolute atomic E-state index is 2.45. The second-order valence-corrected chi connectivity index (χ2v) is 18.9. The third-order valence-corrected chi connectivity index (χ3v) is 15.4. The van der Waals surface area contributed by atoms with Crippen molar-refractivity contribution in [1.82, 2.24) is 0 Å². The first-order valence-corrected chi connectivity index (χ1v) is 24.0. The van der Waals surface area contributed by atoms with Crippen molar-refractivity contribution in [2.45, 2.75) is 0 Å². The van der Waals surface area contributed by atoms with E-state index >= 15 is 0 Å². The van der Waals surface area contributed by atoms with Gasteiger partial charge in [0.1, 0.15) is 0 Å². The Bertz CT molecular complexity index is 3850. The zero-order valence-electron chi connectivity index (χ0n) is 35.8. The average molecular weight is 877 g/mol. The summed E-state index contributed by atoms with van der Waals surface area (Å²) in [4.78, 5) is 4.86. The molecule has 0 amide bonds. The van der Waals surface area contributed by atoms with Crippen LogP contribution >= 0.6 is 22.7 Å². The van der Waals surface area contributed by atoms with Crippen molar-refractivity contribution in [2.75, 3.05) is 9.80 Å². The van der Waals surface area contributed by atoms with Gasteiger partial charge in [0.25, 0.3) is 0 Å². The lowest BCUT2D eigenvalue weighted by Crippen LogP contribution is -2.11. The van der Waals surface area contributed by atoms with E-state index in [1.165, 1.54) is 73.0 Å². The van der Waals surface area contributed by atoms with Gasteiger partial charge in [0.15, 0.2) is 0 Å². The lowest BCUT2D eigenvalue weighted by atomic mass is 9.94. The smallest absolute Gasteiger partial charge is 0.0646 e. The fourth-order valence-electron chi connectivity index (χ4n) is 9.91. The van der Waals surface area contributed by atoms with Crippen molar-refractivity contribution >= 4 is 119 Å². The lowest BCUT2D eigenvalue weighted by molar-refractivity contribution is 1.29. The van der Waals surface area contributed by atoms with Gasteiger partial charge < -0.3 is 9.80 Å². The van der Waals surface area contributed by atoms with E-state index in [0.29, 0.717) is 0 Å². The molecule has 0 aliphatic rings. The minimum Gasteiger partial charge on any atom is -0.310 e. The number of thiophene rings is 2. The SMILES string of the molecule is c1ccc(N(c2ccccc2)c2cc3sc4c5ccccc5ccc4c3cc2-c2cccc(-c3cc(N(c4ccccc4)c4ccccc4)c4sc5c6ccccc6ccc5c4c3)c2)cc1. The summed E-state index contributed by atoms with van der Waals surface area (Å²) < 4.78 is 5.16. The summed E-state index contributed by atoms with van der Waals surface area (Å²) in [5.74, 6) is 0. The van der Waals surface area contributed by atoms with E-state index in [9.17, 15) is 0 Å². The van der Waals surface area contributed by atoms with E-state index in [0.717, 1.165) is 45.3 Å². The molecule has 2 heterocycles. The van der Waals surface area contributed by atoms with Crippen LogP contribution in [0.3, 0.4) is 0 Å². The Hall–Kier alpha value is -8.02. The third-order valence-electron chi connectivity index (χ3n) is 13.0. The van der Waals surface area contributed by atoms with Gasteiger partial charge in [0.05, 0.1) is 16.1 Å². The first kappa shape index (κ1) is 38.4. The Labute approximate surface area is 391 Å². The van der Waals surface area contributed by atoms with Gasteiger partial charge in [-0.15, -0.1) is 22.7 Å². The number of para-hydroxylation sites is 4. The summed E-state index contributed by atoms with van der Waals surface area (Å²) in [5, 5.41) is 10.2. The second kappa shape index (κ2) is 15.9. The molecule has 0 saturated heterocycles. The molecule has 0 N–H and O–H groups in total. The fraction of sp³-hybridized carbons (Fsp3) is 0. The lowest BCUT2D eigenvalue weighted by Gasteiger charge is -2.28. The van der Waals surface area contributed by atoms with E-state index in [1.807, 2.05) is 22.7 Å². The molecule has 66 heavy (non-hydrogen) atoms. The largest absolute Gasteiger partial charge is 0.310 e. The fourth-order valence-corrected chi connectivity index (χ4v) is 12.5. The minimum absolute atomic E-state index is 1.11. The van der Waals surface area contributed by atoms with Gasteiger partial charge >= 0.3 is 0 Å². The van der Waals surface area contributed by atoms with Crippen molar-refractivity contribution < 1.29 is 0 Å². The zero-order chi connectivity index (χ0) is 43.6. The molecule has 13 rings (SSSR count). The van der Waals surface area contributed by atoms with Crippen LogP contribution in [-0.4, -0.2) is 0 Å². The molecule has 0 fully saturated rings. The highest BCUT2D eigenvalue weighted by Gasteiger charge is 2.23. The molecule has 4 heteroatoms. The Morgan fingerprint density at radius 2 is 0.742 bits per heavy atom. The molecule has 0 bridgehead atoms. The van der Waals surface area contributed by atoms with Gasteiger partial charge in [-0.2, -0.15) is 0 Å². The normalized spacial score (nSPS) is 11.6. The number of nitrogens with zero attached hydrogens (tertiary/aromatic N) is 2. The third kappa shape index (κ3) is 6.45. The van der Waals surface area contributed by atoms with Crippen LogP contribution in [-0.2, 0) is 0 Å². The predicted octanol–water partition coefficient (Wildman–Crippen LogP) is 19.0. The van der Waals surface area contributed by atoms with E-state index in [4.69, 9.17) is 0 Å². The van der Waals surface area contributed by atoms with Crippen LogP contribution in [0.4, 0.5) is 34.1 Å². The molecule has 0 aliphatic carbocycles. The van der Waals surface area contributed by atoms with Gasteiger partial charge in [-0.1, -0.05) is 164 Å².